The van der Waals surface area contributed by atoms with Crippen molar-refractivity contribution in [2.24, 2.45) is 0 Å². The van der Waals surface area contributed by atoms with Crippen LogP contribution in [-0.2, 0) is 25.6 Å². The summed E-state index contributed by atoms with van der Waals surface area (Å²) in [6.45, 7) is 0.0942. The number of amides is 2. The zero-order valence-electron chi connectivity index (χ0n) is 20.2. The van der Waals surface area contributed by atoms with Gasteiger partial charge in [-0.1, -0.05) is 78.9 Å². The molecular weight excluding hydrogens is 472 g/mol. The van der Waals surface area contributed by atoms with E-state index in [0.29, 0.717) is 6.42 Å². The van der Waals surface area contributed by atoms with E-state index < -0.39 is 36.7 Å². The van der Waals surface area contributed by atoms with Crippen LogP contribution in [0.25, 0.3) is 11.1 Å². The average Bonchev–Trinajstić information content (AvgIpc) is 3.49. The van der Waals surface area contributed by atoms with Gasteiger partial charge in [0.2, 0.25) is 0 Å². The third-order valence-corrected chi connectivity index (χ3v) is 6.84. The van der Waals surface area contributed by atoms with Crippen LogP contribution in [0.2, 0.25) is 0 Å². The number of carbonyl (C=O) groups excluding carboxylic acids is 2. The Bertz CT molecular complexity index is 1250. The second-order valence-corrected chi connectivity index (χ2v) is 9.23. The van der Waals surface area contributed by atoms with Crippen LogP contribution in [0.1, 0.15) is 29.0 Å². The first-order valence-electron chi connectivity index (χ1n) is 12.3. The average molecular weight is 501 g/mol. The number of ether oxygens (including phenoxy) is 2. The van der Waals surface area contributed by atoms with E-state index >= 15 is 0 Å². The van der Waals surface area contributed by atoms with E-state index in [9.17, 15) is 19.5 Å². The standard InChI is InChI=1S/C29H28N2O6/c32-26(33)17-31(16-19-8-2-1-3-9-19)28(34)27-25(14-15-36-27)30-29(35)37-18-24-22-12-6-4-10-20(22)21-11-5-7-13-23(21)24/h1-13,24-25,27H,14-18H2,(H,30,35)(H,32,33)/t25-,27+/m0/s1. The summed E-state index contributed by atoms with van der Waals surface area (Å²) in [6.07, 6.45) is -1.20. The number of fused-ring (bicyclic) bond motifs is 3. The molecule has 2 atom stereocenters. The minimum absolute atomic E-state index is 0.0765. The Morgan fingerprint density at radius 2 is 1.54 bits per heavy atom. The van der Waals surface area contributed by atoms with Gasteiger partial charge in [0.15, 0.2) is 6.10 Å². The molecule has 2 aliphatic rings. The highest BCUT2D eigenvalue weighted by Crippen LogP contribution is 2.44. The number of carbonyl (C=O) groups is 3. The molecule has 0 spiro atoms. The van der Waals surface area contributed by atoms with Gasteiger partial charge in [0.1, 0.15) is 13.2 Å². The molecule has 0 bridgehead atoms. The van der Waals surface area contributed by atoms with Gasteiger partial charge >= 0.3 is 12.1 Å². The lowest BCUT2D eigenvalue weighted by atomic mass is 9.98. The number of carboxylic acid groups (broad SMARTS) is 1. The first-order chi connectivity index (χ1) is 18.0. The molecule has 8 heteroatoms. The summed E-state index contributed by atoms with van der Waals surface area (Å²) in [7, 11) is 0. The van der Waals surface area contributed by atoms with Crippen LogP contribution in [0.3, 0.4) is 0 Å². The second kappa shape index (κ2) is 10.8. The lowest BCUT2D eigenvalue weighted by Gasteiger charge is -2.27. The molecule has 190 valence electrons. The molecule has 5 rings (SSSR count). The summed E-state index contributed by atoms with van der Waals surface area (Å²) >= 11 is 0. The SMILES string of the molecule is O=C(O)CN(Cc1ccccc1)C(=O)[C@@H]1OCC[C@@H]1NC(=O)OCC1c2ccccc2-c2ccccc21. The van der Waals surface area contributed by atoms with E-state index in [0.717, 1.165) is 27.8 Å². The van der Waals surface area contributed by atoms with E-state index in [4.69, 9.17) is 9.47 Å². The van der Waals surface area contributed by atoms with Gasteiger partial charge in [-0.05, 0) is 34.2 Å². The molecule has 0 radical (unpaired) electrons. The molecule has 0 saturated carbocycles. The van der Waals surface area contributed by atoms with Crippen molar-refractivity contribution in [2.75, 3.05) is 19.8 Å². The van der Waals surface area contributed by atoms with Crippen molar-refractivity contribution in [3.05, 3.63) is 95.6 Å². The Morgan fingerprint density at radius 3 is 2.19 bits per heavy atom. The Balaban J connectivity index is 1.23. The van der Waals surface area contributed by atoms with Gasteiger partial charge in [-0.25, -0.2) is 4.79 Å². The zero-order chi connectivity index (χ0) is 25.8. The molecule has 0 aromatic heterocycles. The van der Waals surface area contributed by atoms with Crippen molar-refractivity contribution >= 4 is 18.0 Å². The highest BCUT2D eigenvalue weighted by atomic mass is 16.6. The van der Waals surface area contributed by atoms with Crippen LogP contribution >= 0.6 is 0 Å². The quantitative estimate of drug-likeness (QED) is 0.488. The number of rotatable bonds is 8. The molecule has 37 heavy (non-hydrogen) atoms. The fourth-order valence-corrected chi connectivity index (χ4v) is 5.13. The summed E-state index contributed by atoms with van der Waals surface area (Å²) in [4.78, 5) is 38.7. The molecule has 1 aliphatic carbocycles. The molecule has 8 nitrogen and oxygen atoms in total. The first kappa shape index (κ1) is 24.5. The van der Waals surface area contributed by atoms with Crippen LogP contribution in [0.5, 0.6) is 0 Å². The molecule has 1 aliphatic heterocycles. The molecule has 0 unspecified atom stereocenters. The first-order valence-corrected chi connectivity index (χ1v) is 12.3. The number of nitrogens with one attached hydrogen (secondary N) is 1. The minimum Gasteiger partial charge on any atom is -0.480 e. The van der Waals surface area contributed by atoms with Gasteiger partial charge < -0.3 is 24.8 Å². The molecule has 1 heterocycles. The number of aliphatic carboxylic acids is 1. The van der Waals surface area contributed by atoms with Crippen molar-refractivity contribution in [1.29, 1.82) is 0 Å². The van der Waals surface area contributed by atoms with Crippen molar-refractivity contribution in [1.82, 2.24) is 10.2 Å². The van der Waals surface area contributed by atoms with E-state index in [2.05, 4.69) is 17.4 Å². The van der Waals surface area contributed by atoms with Crippen molar-refractivity contribution < 1.29 is 29.0 Å². The third-order valence-electron chi connectivity index (χ3n) is 6.84. The Kier molecular flexibility index (Phi) is 7.18. The topological polar surface area (TPSA) is 105 Å². The van der Waals surface area contributed by atoms with E-state index in [1.165, 1.54) is 4.90 Å². The van der Waals surface area contributed by atoms with Crippen molar-refractivity contribution in [2.45, 2.75) is 31.0 Å². The number of nitrogens with zero attached hydrogens (tertiary/aromatic N) is 1. The normalized spacial score (nSPS) is 18.1. The van der Waals surface area contributed by atoms with Crippen LogP contribution < -0.4 is 5.32 Å². The third kappa shape index (κ3) is 5.34. The monoisotopic (exact) mass is 500 g/mol. The van der Waals surface area contributed by atoms with Gasteiger partial charge in [0.25, 0.3) is 5.91 Å². The van der Waals surface area contributed by atoms with Crippen LogP contribution in [0.4, 0.5) is 4.79 Å². The maximum absolute atomic E-state index is 13.3. The molecule has 3 aromatic rings. The van der Waals surface area contributed by atoms with Crippen LogP contribution in [0, 0.1) is 0 Å². The number of benzene rings is 3. The molecular formula is C29H28N2O6. The fraction of sp³-hybridized carbons (Fsp3) is 0.276. The van der Waals surface area contributed by atoms with Gasteiger partial charge in [-0.15, -0.1) is 0 Å². The zero-order valence-corrected chi connectivity index (χ0v) is 20.2. The smallest absolute Gasteiger partial charge is 0.407 e. The molecule has 2 amide bonds. The summed E-state index contributed by atoms with van der Waals surface area (Å²) in [5.41, 5.74) is 5.30. The maximum atomic E-state index is 13.3. The number of hydrogen-bond acceptors (Lipinski definition) is 5. The highest BCUT2D eigenvalue weighted by molar-refractivity contribution is 5.86. The van der Waals surface area contributed by atoms with E-state index in [1.54, 1.807) is 0 Å². The number of alkyl carbamates (subject to hydrolysis) is 1. The van der Waals surface area contributed by atoms with E-state index in [-0.39, 0.29) is 25.7 Å². The summed E-state index contributed by atoms with van der Waals surface area (Å²) in [6, 6.07) is 24.7. The Morgan fingerprint density at radius 1 is 0.919 bits per heavy atom. The second-order valence-electron chi connectivity index (χ2n) is 9.23. The number of hydrogen-bond donors (Lipinski definition) is 2. The van der Waals surface area contributed by atoms with Gasteiger partial charge in [-0.2, -0.15) is 0 Å². The lowest BCUT2D eigenvalue weighted by molar-refractivity contribution is -0.150. The summed E-state index contributed by atoms with van der Waals surface area (Å²) in [5, 5.41) is 12.1. The molecule has 2 N–H and O–H groups in total. The van der Waals surface area contributed by atoms with Crippen LogP contribution in [0.15, 0.2) is 78.9 Å². The van der Waals surface area contributed by atoms with Crippen molar-refractivity contribution in [3.8, 4) is 11.1 Å². The molecule has 1 fully saturated rings. The van der Waals surface area contributed by atoms with Gasteiger partial charge in [0.05, 0.1) is 6.04 Å². The largest absolute Gasteiger partial charge is 0.480 e. The highest BCUT2D eigenvalue weighted by Gasteiger charge is 2.39. The molecule has 3 aromatic carbocycles. The van der Waals surface area contributed by atoms with Crippen LogP contribution in [-0.4, -0.2) is 59.9 Å². The predicted octanol–water partition coefficient (Wildman–Crippen LogP) is 3.80. The predicted molar refractivity (Wildman–Crippen MR) is 136 cm³/mol. The Labute approximate surface area is 214 Å². The van der Waals surface area contributed by atoms with Gasteiger partial charge in [-0.3, -0.25) is 9.59 Å². The lowest BCUT2D eigenvalue weighted by Crippen LogP contribution is -2.50. The van der Waals surface area contributed by atoms with E-state index in [1.807, 2.05) is 66.7 Å². The maximum Gasteiger partial charge on any atom is 0.407 e. The van der Waals surface area contributed by atoms with Crippen molar-refractivity contribution in [3.63, 3.8) is 0 Å². The fourth-order valence-electron chi connectivity index (χ4n) is 5.13. The molecule has 1 saturated heterocycles. The minimum atomic E-state index is -1.12. The Hall–Kier alpha value is -4.17. The summed E-state index contributed by atoms with van der Waals surface area (Å²) < 4.78 is 11.3. The van der Waals surface area contributed by atoms with Gasteiger partial charge in [0, 0.05) is 19.1 Å². The number of carboxylic acids is 1. The summed E-state index contributed by atoms with van der Waals surface area (Å²) in [5.74, 6) is -1.68.